The predicted molar refractivity (Wildman–Crippen MR) is 114 cm³/mol. The van der Waals surface area contributed by atoms with E-state index in [2.05, 4.69) is 5.32 Å². The van der Waals surface area contributed by atoms with E-state index in [0.717, 1.165) is 54.1 Å². The van der Waals surface area contributed by atoms with Gasteiger partial charge in [-0.2, -0.15) is 0 Å². The van der Waals surface area contributed by atoms with Gasteiger partial charge in [0.15, 0.2) is 0 Å². The SMILES string of the molecule is COc1cccc(COc2cccc(NC(=O)N3CCCC(OC)CC3)c2C)c1. The van der Waals surface area contributed by atoms with Gasteiger partial charge in [-0.05, 0) is 56.0 Å². The van der Waals surface area contributed by atoms with E-state index in [4.69, 9.17) is 14.2 Å². The van der Waals surface area contributed by atoms with Gasteiger partial charge < -0.3 is 24.4 Å². The second-order valence-electron chi connectivity index (χ2n) is 7.27. The highest BCUT2D eigenvalue weighted by Gasteiger charge is 2.21. The Balaban J connectivity index is 1.62. The van der Waals surface area contributed by atoms with Gasteiger partial charge in [-0.15, -0.1) is 0 Å². The molecule has 29 heavy (non-hydrogen) atoms. The van der Waals surface area contributed by atoms with Gasteiger partial charge in [-0.3, -0.25) is 0 Å². The van der Waals surface area contributed by atoms with Gasteiger partial charge in [-0.25, -0.2) is 4.79 Å². The molecule has 0 bridgehead atoms. The molecule has 0 aromatic heterocycles. The van der Waals surface area contributed by atoms with E-state index in [9.17, 15) is 4.79 Å². The summed E-state index contributed by atoms with van der Waals surface area (Å²) in [7, 11) is 3.39. The minimum absolute atomic E-state index is 0.0743. The van der Waals surface area contributed by atoms with Crippen LogP contribution in [0.5, 0.6) is 11.5 Å². The smallest absolute Gasteiger partial charge is 0.321 e. The summed E-state index contributed by atoms with van der Waals surface area (Å²) in [5, 5.41) is 3.04. The molecule has 1 atom stereocenters. The van der Waals surface area contributed by atoms with E-state index in [-0.39, 0.29) is 12.1 Å². The summed E-state index contributed by atoms with van der Waals surface area (Å²) in [6.07, 6.45) is 3.05. The second kappa shape index (κ2) is 10.2. The molecule has 1 aliphatic heterocycles. The number of rotatable bonds is 6. The first-order valence-electron chi connectivity index (χ1n) is 10.0. The third kappa shape index (κ3) is 5.64. The summed E-state index contributed by atoms with van der Waals surface area (Å²) in [5.41, 5.74) is 2.70. The molecule has 2 aromatic rings. The first-order chi connectivity index (χ1) is 14.1. The minimum Gasteiger partial charge on any atom is -0.497 e. The Labute approximate surface area is 172 Å². The molecule has 1 aliphatic rings. The lowest BCUT2D eigenvalue weighted by molar-refractivity contribution is 0.0908. The van der Waals surface area contributed by atoms with Gasteiger partial charge in [0.2, 0.25) is 0 Å². The number of benzene rings is 2. The zero-order valence-electron chi connectivity index (χ0n) is 17.4. The largest absolute Gasteiger partial charge is 0.497 e. The van der Waals surface area contributed by atoms with Crippen molar-refractivity contribution in [2.45, 2.75) is 38.9 Å². The van der Waals surface area contributed by atoms with Crippen LogP contribution in [-0.4, -0.2) is 44.3 Å². The molecule has 3 rings (SSSR count). The molecule has 1 fully saturated rings. The standard InChI is InChI=1S/C23H30N2O4/c1-17-21(24-23(26)25-13-6-9-19(27-2)12-14-25)10-5-11-22(17)29-16-18-7-4-8-20(15-18)28-3/h4-5,7-8,10-11,15,19H,6,9,12-14,16H2,1-3H3,(H,24,26). The molecule has 2 aromatic carbocycles. The summed E-state index contributed by atoms with van der Waals surface area (Å²) in [6.45, 7) is 3.84. The number of anilines is 1. The molecule has 0 saturated carbocycles. The van der Waals surface area contributed by atoms with Gasteiger partial charge in [0, 0.05) is 31.5 Å². The fourth-order valence-corrected chi connectivity index (χ4v) is 3.53. The van der Waals surface area contributed by atoms with E-state index in [1.165, 1.54) is 0 Å². The third-order valence-electron chi connectivity index (χ3n) is 5.35. The number of carbonyl (C=O) groups is 1. The Morgan fingerprint density at radius 1 is 1.14 bits per heavy atom. The van der Waals surface area contributed by atoms with E-state index >= 15 is 0 Å². The van der Waals surface area contributed by atoms with Crippen molar-refractivity contribution in [1.82, 2.24) is 4.90 Å². The summed E-state index contributed by atoms with van der Waals surface area (Å²) < 4.78 is 16.7. The van der Waals surface area contributed by atoms with Gasteiger partial charge in [0.05, 0.1) is 13.2 Å². The number of ether oxygens (including phenoxy) is 3. The van der Waals surface area contributed by atoms with Crippen molar-refractivity contribution in [3.63, 3.8) is 0 Å². The number of hydrogen-bond donors (Lipinski definition) is 1. The molecule has 1 saturated heterocycles. The Bertz CT molecular complexity index is 824. The Hall–Kier alpha value is -2.73. The van der Waals surface area contributed by atoms with Crippen LogP contribution in [0.25, 0.3) is 0 Å². The van der Waals surface area contributed by atoms with Crippen LogP contribution in [0.3, 0.4) is 0 Å². The zero-order chi connectivity index (χ0) is 20.6. The van der Waals surface area contributed by atoms with Crippen LogP contribution in [0.2, 0.25) is 0 Å². The topological polar surface area (TPSA) is 60.0 Å². The average Bonchev–Trinajstić information content (AvgIpc) is 3.00. The molecule has 1 unspecified atom stereocenters. The normalized spacial score (nSPS) is 16.8. The molecule has 1 heterocycles. The highest BCUT2D eigenvalue weighted by Crippen LogP contribution is 2.27. The zero-order valence-corrected chi connectivity index (χ0v) is 17.4. The molecule has 0 radical (unpaired) electrons. The number of hydrogen-bond acceptors (Lipinski definition) is 4. The fraction of sp³-hybridized carbons (Fsp3) is 0.435. The lowest BCUT2D eigenvalue weighted by atomic mass is 10.1. The lowest BCUT2D eigenvalue weighted by Gasteiger charge is -2.22. The molecular weight excluding hydrogens is 368 g/mol. The minimum atomic E-state index is -0.0743. The molecule has 6 nitrogen and oxygen atoms in total. The number of nitrogens with one attached hydrogen (secondary N) is 1. The second-order valence-corrected chi connectivity index (χ2v) is 7.27. The highest BCUT2D eigenvalue weighted by molar-refractivity contribution is 5.90. The third-order valence-corrected chi connectivity index (χ3v) is 5.35. The van der Waals surface area contributed by atoms with Crippen LogP contribution in [0, 0.1) is 6.92 Å². The lowest BCUT2D eigenvalue weighted by Crippen LogP contribution is -2.36. The van der Waals surface area contributed by atoms with Crippen molar-refractivity contribution < 1.29 is 19.0 Å². The monoisotopic (exact) mass is 398 g/mol. The van der Waals surface area contributed by atoms with Crippen LogP contribution >= 0.6 is 0 Å². The fourth-order valence-electron chi connectivity index (χ4n) is 3.53. The average molecular weight is 399 g/mol. The van der Waals surface area contributed by atoms with Crippen LogP contribution in [0.15, 0.2) is 42.5 Å². The van der Waals surface area contributed by atoms with E-state index in [1.54, 1.807) is 14.2 Å². The Kier molecular flexibility index (Phi) is 7.36. The van der Waals surface area contributed by atoms with Crippen LogP contribution in [0.1, 0.15) is 30.4 Å². The maximum absolute atomic E-state index is 12.7. The molecule has 0 spiro atoms. The predicted octanol–water partition coefficient (Wildman–Crippen LogP) is 4.62. The molecule has 1 N–H and O–H groups in total. The van der Waals surface area contributed by atoms with E-state index in [0.29, 0.717) is 13.2 Å². The highest BCUT2D eigenvalue weighted by atomic mass is 16.5. The molecule has 156 valence electrons. The summed E-state index contributed by atoms with van der Waals surface area (Å²) >= 11 is 0. The first kappa shape index (κ1) is 21.0. The molecule has 2 amide bonds. The van der Waals surface area contributed by atoms with Gasteiger partial charge in [-0.1, -0.05) is 18.2 Å². The number of amides is 2. The van der Waals surface area contributed by atoms with Gasteiger partial charge in [0.25, 0.3) is 0 Å². The quantitative estimate of drug-likeness (QED) is 0.772. The number of likely N-dealkylation sites (tertiary alicyclic amines) is 1. The van der Waals surface area contributed by atoms with Crippen molar-refractivity contribution in [2.75, 3.05) is 32.6 Å². The molecular formula is C23H30N2O4. The molecule has 6 heteroatoms. The van der Waals surface area contributed by atoms with Crippen LogP contribution in [0.4, 0.5) is 10.5 Å². The summed E-state index contributed by atoms with van der Waals surface area (Å²) in [4.78, 5) is 14.6. The number of methoxy groups -OCH3 is 2. The van der Waals surface area contributed by atoms with Crippen molar-refractivity contribution in [3.05, 3.63) is 53.6 Å². The van der Waals surface area contributed by atoms with Crippen molar-refractivity contribution in [3.8, 4) is 11.5 Å². The van der Waals surface area contributed by atoms with Crippen molar-refractivity contribution in [2.24, 2.45) is 0 Å². The van der Waals surface area contributed by atoms with Crippen LogP contribution in [-0.2, 0) is 11.3 Å². The Morgan fingerprint density at radius 3 is 2.76 bits per heavy atom. The number of carbonyl (C=O) groups excluding carboxylic acids is 1. The molecule has 0 aliphatic carbocycles. The first-order valence-corrected chi connectivity index (χ1v) is 10.0. The maximum Gasteiger partial charge on any atom is 0.321 e. The van der Waals surface area contributed by atoms with E-state index < -0.39 is 0 Å². The summed E-state index contributed by atoms with van der Waals surface area (Å²) in [5.74, 6) is 1.55. The van der Waals surface area contributed by atoms with Gasteiger partial charge in [0.1, 0.15) is 18.1 Å². The Morgan fingerprint density at radius 2 is 1.97 bits per heavy atom. The maximum atomic E-state index is 12.7. The summed E-state index contributed by atoms with van der Waals surface area (Å²) in [6, 6.07) is 13.4. The van der Waals surface area contributed by atoms with Crippen molar-refractivity contribution in [1.29, 1.82) is 0 Å². The van der Waals surface area contributed by atoms with Gasteiger partial charge >= 0.3 is 6.03 Å². The number of nitrogens with zero attached hydrogens (tertiary/aromatic N) is 1. The van der Waals surface area contributed by atoms with E-state index in [1.807, 2.05) is 54.3 Å². The van der Waals surface area contributed by atoms with Crippen LogP contribution < -0.4 is 14.8 Å². The number of urea groups is 1. The van der Waals surface area contributed by atoms with Crippen molar-refractivity contribution >= 4 is 11.7 Å².